The van der Waals surface area contributed by atoms with E-state index in [2.05, 4.69) is 15.9 Å². The van der Waals surface area contributed by atoms with Crippen molar-refractivity contribution < 1.29 is 24.2 Å². The van der Waals surface area contributed by atoms with E-state index in [0.29, 0.717) is 13.0 Å². The van der Waals surface area contributed by atoms with E-state index in [1.54, 1.807) is 13.0 Å². The summed E-state index contributed by atoms with van der Waals surface area (Å²) in [4.78, 5) is 21.8. The van der Waals surface area contributed by atoms with E-state index >= 15 is 0 Å². The van der Waals surface area contributed by atoms with Gasteiger partial charge in [0.25, 0.3) is 0 Å². The average molecular weight is 305 g/mol. The van der Waals surface area contributed by atoms with Gasteiger partial charge in [0.05, 0.1) is 12.2 Å². The Morgan fingerprint density at radius 3 is 2.76 bits per heavy atom. The predicted octanol–water partition coefficient (Wildman–Crippen LogP) is 1.63. The molecule has 1 N–H and O–H groups in total. The van der Waals surface area contributed by atoms with Crippen molar-refractivity contribution >= 4 is 27.9 Å². The fraction of sp³-hybridized carbons (Fsp3) is 0.455. The second-order valence-electron chi connectivity index (χ2n) is 3.38. The third-order valence-electron chi connectivity index (χ3n) is 2.09. The number of hydrogen-bond acceptors (Lipinski definition) is 4. The number of alkyl halides is 1. The van der Waals surface area contributed by atoms with Crippen molar-refractivity contribution in [2.24, 2.45) is 0 Å². The van der Waals surface area contributed by atoms with E-state index in [1.807, 2.05) is 0 Å². The minimum Gasteiger partial charge on any atom is -0.478 e. The summed E-state index contributed by atoms with van der Waals surface area (Å²) in [6.45, 7) is 1.83. The number of hydrogen-bond donors (Lipinski definition) is 1. The molecule has 17 heavy (non-hydrogen) atoms. The van der Waals surface area contributed by atoms with Crippen LogP contribution in [0.2, 0.25) is 0 Å². The van der Waals surface area contributed by atoms with Gasteiger partial charge in [0.1, 0.15) is 11.1 Å². The predicted molar refractivity (Wildman–Crippen MR) is 63.7 cm³/mol. The zero-order chi connectivity index (χ0) is 12.9. The van der Waals surface area contributed by atoms with Crippen LogP contribution in [0.3, 0.4) is 0 Å². The number of rotatable bonds is 5. The van der Waals surface area contributed by atoms with Crippen LogP contribution in [0.4, 0.5) is 0 Å². The summed E-state index contributed by atoms with van der Waals surface area (Å²) in [6.07, 6.45) is 4.87. The van der Waals surface area contributed by atoms with Crippen molar-refractivity contribution in [2.45, 2.75) is 17.9 Å². The van der Waals surface area contributed by atoms with Crippen LogP contribution in [0.25, 0.3) is 0 Å². The summed E-state index contributed by atoms with van der Waals surface area (Å²) in [5, 5.41) is 8.75. The number of carboxylic acid groups (broad SMARTS) is 1. The minimum atomic E-state index is -0.985. The number of aliphatic carboxylic acids is 1. The number of carboxylic acids is 1. The molecule has 0 aromatic rings. The van der Waals surface area contributed by atoms with Crippen LogP contribution in [-0.2, 0) is 19.1 Å². The summed E-state index contributed by atoms with van der Waals surface area (Å²) in [7, 11) is 0. The molecule has 1 unspecified atom stereocenters. The normalized spacial score (nSPS) is 23.1. The van der Waals surface area contributed by atoms with Crippen LogP contribution in [-0.4, -0.2) is 34.8 Å². The molecule has 1 aliphatic rings. The molecule has 0 aromatic carbocycles. The Labute approximate surface area is 107 Å². The molecule has 0 spiro atoms. The first-order valence-electron chi connectivity index (χ1n) is 5.08. The van der Waals surface area contributed by atoms with Crippen molar-refractivity contribution in [2.75, 3.05) is 13.2 Å². The van der Waals surface area contributed by atoms with Gasteiger partial charge in [0, 0.05) is 6.42 Å². The molecule has 0 radical (unpaired) electrons. The number of ether oxygens (including phenoxy) is 2. The van der Waals surface area contributed by atoms with Crippen LogP contribution < -0.4 is 0 Å². The molecule has 6 heteroatoms. The lowest BCUT2D eigenvalue weighted by Crippen LogP contribution is -2.28. The molecule has 0 heterocycles. The van der Waals surface area contributed by atoms with Crippen molar-refractivity contribution in [1.82, 2.24) is 0 Å². The van der Waals surface area contributed by atoms with Crippen molar-refractivity contribution in [3.8, 4) is 0 Å². The van der Waals surface area contributed by atoms with Crippen LogP contribution in [0.5, 0.6) is 0 Å². The maximum atomic E-state index is 11.1. The van der Waals surface area contributed by atoms with Crippen LogP contribution >= 0.6 is 15.9 Å². The second-order valence-corrected chi connectivity index (χ2v) is 4.72. The highest BCUT2D eigenvalue weighted by Gasteiger charge is 2.28. The van der Waals surface area contributed by atoms with Gasteiger partial charge in [-0.3, -0.25) is 0 Å². The standard InChI is InChI=1S/C11H13BrO5/c1-2-16-9(13)7-17-11(12)5-3-8(4-6-11)10(14)15/h3-5H,2,6-7H2,1H3,(H,14,15). The monoisotopic (exact) mass is 304 g/mol. The summed E-state index contributed by atoms with van der Waals surface area (Å²) < 4.78 is 9.21. The molecule has 94 valence electrons. The van der Waals surface area contributed by atoms with Gasteiger partial charge in [0.15, 0.2) is 0 Å². The molecule has 0 saturated carbocycles. The molecule has 0 fully saturated rings. The SMILES string of the molecule is CCOC(=O)COC1(Br)C=CC(C(=O)O)=CC1. The van der Waals surface area contributed by atoms with Crippen LogP contribution in [0.1, 0.15) is 13.3 Å². The molecule has 0 aliphatic heterocycles. The van der Waals surface area contributed by atoms with Gasteiger partial charge in [-0.1, -0.05) is 6.08 Å². The molecule has 1 rings (SSSR count). The summed E-state index contributed by atoms with van der Waals surface area (Å²) >= 11 is 3.30. The molecule has 0 bridgehead atoms. The van der Waals surface area contributed by atoms with Gasteiger partial charge >= 0.3 is 11.9 Å². The Hall–Kier alpha value is -1.14. The zero-order valence-electron chi connectivity index (χ0n) is 9.31. The Kier molecular flexibility index (Phi) is 4.89. The van der Waals surface area contributed by atoms with E-state index in [4.69, 9.17) is 14.6 Å². The van der Waals surface area contributed by atoms with Gasteiger partial charge < -0.3 is 14.6 Å². The highest BCUT2D eigenvalue weighted by molar-refractivity contribution is 9.10. The Bertz CT molecular complexity index is 374. The summed E-state index contributed by atoms with van der Waals surface area (Å²) in [6, 6.07) is 0. The smallest absolute Gasteiger partial charge is 0.335 e. The summed E-state index contributed by atoms with van der Waals surface area (Å²) in [5.41, 5.74) is 0.208. The minimum absolute atomic E-state index is 0.181. The van der Waals surface area contributed by atoms with Gasteiger partial charge in [-0.25, -0.2) is 9.59 Å². The van der Waals surface area contributed by atoms with Crippen molar-refractivity contribution in [3.63, 3.8) is 0 Å². The van der Waals surface area contributed by atoms with Crippen LogP contribution in [0.15, 0.2) is 23.8 Å². The molecular formula is C11H13BrO5. The third-order valence-corrected chi connectivity index (χ3v) is 2.91. The van der Waals surface area contributed by atoms with Gasteiger partial charge in [0.2, 0.25) is 0 Å². The number of esters is 1. The highest BCUT2D eigenvalue weighted by Crippen LogP contribution is 2.31. The second kappa shape index (κ2) is 5.97. The van der Waals surface area contributed by atoms with Crippen molar-refractivity contribution in [1.29, 1.82) is 0 Å². The fourth-order valence-electron chi connectivity index (χ4n) is 1.25. The number of halogens is 1. The van der Waals surface area contributed by atoms with E-state index < -0.39 is 16.4 Å². The molecule has 0 aromatic heterocycles. The van der Waals surface area contributed by atoms with E-state index in [-0.39, 0.29) is 12.2 Å². The lowest BCUT2D eigenvalue weighted by molar-refractivity contribution is -0.150. The van der Waals surface area contributed by atoms with Crippen molar-refractivity contribution in [3.05, 3.63) is 23.8 Å². The summed E-state index contributed by atoms with van der Waals surface area (Å²) in [5.74, 6) is -1.44. The van der Waals surface area contributed by atoms with Gasteiger partial charge in [-0.05, 0) is 35.0 Å². The molecular weight excluding hydrogens is 292 g/mol. The highest BCUT2D eigenvalue weighted by atomic mass is 79.9. The molecule has 5 nitrogen and oxygen atoms in total. The maximum absolute atomic E-state index is 11.1. The van der Waals surface area contributed by atoms with E-state index in [9.17, 15) is 9.59 Å². The Morgan fingerprint density at radius 2 is 2.29 bits per heavy atom. The Morgan fingerprint density at radius 1 is 1.59 bits per heavy atom. The first-order chi connectivity index (χ1) is 7.97. The number of carbonyl (C=O) groups excluding carboxylic acids is 1. The van der Waals surface area contributed by atoms with Gasteiger partial charge in [-0.2, -0.15) is 0 Å². The lowest BCUT2D eigenvalue weighted by atomic mass is 10.1. The largest absolute Gasteiger partial charge is 0.478 e. The first-order valence-corrected chi connectivity index (χ1v) is 5.87. The van der Waals surface area contributed by atoms with E-state index in [0.717, 1.165) is 0 Å². The molecule has 0 amide bonds. The fourth-order valence-corrected chi connectivity index (χ4v) is 1.66. The quantitative estimate of drug-likeness (QED) is 0.617. The molecule has 1 aliphatic carbocycles. The third kappa shape index (κ3) is 4.32. The topological polar surface area (TPSA) is 72.8 Å². The zero-order valence-corrected chi connectivity index (χ0v) is 10.9. The average Bonchev–Trinajstić information content (AvgIpc) is 2.28. The van der Waals surface area contributed by atoms with Crippen LogP contribution in [0, 0.1) is 0 Å². The molecule has 1 atom stereocenters. The van der Waals surface area contributed by atoms with Gasteiger partial charge in [-0.15, -0.1) is 0 Å². The van der Waals surface area contributed by atoms with E-state index in [1.165, 1.54) is 12.2 Å². The Balaban J connectivity index is 2.49. The number of carbonyl (C=O) groups is 2. The lowest BCUT2D eigenvalue weighted by Gasteiger charge is -2.25. The maximum Gasteiger partial charge on any atom is 0.335 e. The molecule has 0 saturated heterocycles. The first kappa shape index (κ1) is 13.9.